The van der Waals surface area contributed by atoms with E-state index in [4.69, 9.17) is 11.6 Å². The zero-order chi connectivity index (χ0) is 19.5. The maximum absolute atomic E-state index is 12.2. The zero-order valence-electron chi connectivity index (χ0n) is 14.8. The van der Waals surface area contributed by atoms with E-state index in [9.17, 15) is 13.2 Å². The minimum Gasteiger partial charge on any atom is -0.324 e. The second-order valence-electron chi connectivity index (χ2n) is 5.88. The first kappa shape index (κ1) is 20.7. The van der Waals surface area contributed by atoms with Gasteiger partial charge in [-0.25, -0.2) is 12.7 Å². The number of benzene rings is 1. The number of rotatable bonds is 7. The highest BCUT2D eigenvalue weighted by atomic mass is 35.5. The van der Waals surface area contributed by atoms with E-state index in [0.717, 1.165) is 4.31 Å². The number of nitrogens with one attached hydrogen (secondary N) is 1. The molecule has 0 radical (unpaired) electrons. The maximum atomic E-state index is 12.2. The highest BCUT2D eigenvalue weighted by Crippen LogP contribution is 2.27. The predicted molar refractivity (Wildman–Crippen MR) is 102 cm³/mol. The van der Waals surface area contributed by atoms with Gasteiger partial charge < -0.3 is 9.88 Å². The summed E-state index contributed by atoms with van der Waals surface area (Å²) in [5.74, 6) is -0.235. The Morgan fingerprint density at radius 1 is 1.38 bits per heavy atom. The van der Waals surface area contributed by atoms with Crippen LogP contribution in [0.15, 0.2) is 34.6 Å². The standard InChI is InChI=1S/C15H20ClN5O3S2/c1-10(2)21-9-17-19-15(21)25-8-14(22)18-13-7-11(5-6-12(13)16)26(23,24)20(3)4/h5-7,9-10H,8H2,1-4H3,(H,18,22). The number of sulfonamides is 1. The van der Waals surface area contributed by atoms with Gasteiger partial charge >= 0.3 is 0 Å². The van der Waals surface area contributed by atoms with Gasteiger partial charge in [0.1, 0.15) is 6.33 Å². The van der Waals surface area contributed by atoms with Gasteiger partial charge in [-0.2, -0.15) is 0 Å². The monoisotopic (exact) mass is 417 g/mol. The number of halogens is 1. The van der Waals surface area contributed by atoms with Crippen LogP contribution in [0.25, 0.3) is 0 Å². The molecule has 0 atom stereocenters. The lowest BCUT2D eigenvalue weighted by Crippen LogP contribution is -2.22. The van der Waals surface area contributed by atoms with Crippen LogP contribution < -0.4 is 5.32 Å². The summed E-state index contributed by atoms with van der Waals surface area (Å²) in [5, 5.41) is 11.4. The molecule has 0 spiro atoms. The number of anilines is 1. The van der Waals surface area contributed by atoms with Crippen LogP contribution in [0.1, 0.15) is 19.9 Å². The fourth-order valence-corrected chi connectivity index (χ4v) is 3.91. The number of carbonyl (C=O) groups is 1. The van der Waals surface area contributed by atoms with Crippen molar-refractivity contribution in [2.24, 2.45) is 0 Å². The van der Waals surface area contributed by atoms with Crippen molar-refractivity contribution >= 4 is 45.0 Å². The number of aromatic nitrogens is 3. The third-order valence-electron chi connectivity index (χ3n) is 3.42. The first-order chi connectivity index (χ1) is 12.1. The molecule has 0 aliphatic rings. The second kappa shape index (κ2) is 8.38. The number of thioether (sulfide) groups is 1. The van der Waals surface area contributed by atoms with E-state index in [1.807, 2.05) is 18.4 Å². The fraction of sp³-hybridized carbons (Fsp3) is 0.400. The highest BCUT2D eigenvalue weighted by molar-refractivity contribution is 7.99. The number of hydrogen-bond acceptors (Lipinski definition) is 6. The van der Waals surface area contributed by atoms with Crippen molar-refractivity contribution in [2.45, 2.75) is 29.9 Å². The molecule has 1 heterocycles. The molecule has 8 nitrogen and oxygen atoms in total. The van der Waals surface area contributed by atoms with Crippen LogP contribution in [0.4, 0.5) is 5.69 Å². The molecule has 1 aromatic heterocycles. The molecule has 1 aromatic carbocycles. The Balaban J connectivity index is 2.10. The summed E-state index contributed by atoms with van der Waals surface area (Å²) in [6.45, 7) is 3.98. The number of carbonyl (C=O) groups excluding carboxylic acids is 1. The van der Waals surface area contributed by atoms with Crippen LogP contribution in [0, 0.1) is 0 Å². The number of nitrogens with zero attached hydrogens (tertiary/aromatic N) is 4. The van der Waals surface area contributed by atoms with Gasteiger partial charge in [-0.1, -0.05) is 23.4 Å². The Morgan fingerprint density at radius 3 is 2.69 bits per heavy atom. The molecule has 2 rings (SSSR count). The van der Waals surface area contributed by atoms with Crippen LogP contribution >= 0.6 is 23.4 Å². The first-order valence-corrected chi connectivity index (χ1v) is 10.5. The van der Waals surface area contributed by atoms with Crippen molar-refractivity contribution in [2.75, 3.05) is 25.2 Å². The predicted octanol–water partition coefficient (Wildman–Crippen LogP) is 2.49. The van der Waals surface area contributed by atoms with E-state index in [-0.39, 0.29) is 33.3 Å². The average molecular weight is 418 g/mol. The molecule has 0 saturated heterocycles. The molecule has 26 heavy (non-hydrogen) atoms. The van der Waals surface area contributed by atoms with E-state index in [0.29, 0.717) is 5.16 Å². The van der Waals surface area contributed by atoms with Gasteiger partial charge in [-0.05, 0) is 32.0 Å². The van der Waals surface area contributed by atoms with Crippen LogP contribution in [0.2, 0.25) is 5.02 Å². The molecule has 0 saturated carbocycles. The Morgan fingerprint density at radius 2 is 2.08 bits per heavy atom. The van der Waals surface area contributed by atoms with Gasteiger partial charge in [0.25, 0.3) is 0 Å². The van der Waals surface area contributed by atoms with Crippen molar-refractivity contribution in [3.05, 3.63) is 29.5 Å². The molecule has 1 N–H and O–H groups in total. The molecule has 0 aliphatic heterocycles. The van der Waals surface area contributed by atoms with Gasteiger partial charge in [-0.3, -0.25) is 4.79 Å². The second-order valence-corrected chi connectivity index (χ2v) is 9.38. The lowest BCUT2D eigenvalue weighted by molar-refractivity contribution is -0.113. The third kappa shape index (κ3) is 4.76. The fourth-order valence-electron chi connectivity index (χ4n) is 1.98. The van der Waals surface area contributed by atoms with Crippen molar-refractivity contribution in [3.63, 3.8) is 0 Å². The Hall–Kier alpha value is -1.62. The number of amides is 1. The molecule has 0 aliphatic carbocycles. The topological polar surface area (TPSA) is 97.2 Å². The van der Waals surface area contributed by atoms with Gasteiger partial charge in [-0.15, -0.1) is 10.2 Å². The van der Waals surface area contributed by atoms with Crippen molar-refractivity contribution in [1.29, 1.82) is 0 Å². The maximum Gasteiger partial charge on any atom is 0.242 e. The highest BCUT2D eigenvalue weighted by Gasteiger charge is 2.19. The molecule has 0 fully saturated rings. The molecule has 142 valence electrons. The summed E-state index contributed by atoms with van der Waals surface area (Å²) in [5.41, 5.74) is 0.241. The average Bonchev–Trinajstić information content (AvgIpc) is 3.03. The van der Waals surface area contributed by atoms with E-state index >= 15 is 0 Å². The SMILES string of the molecule is CC(C)n1cnnc1SCC(=O)Nc1cc(S(=O)(=O)N(C)C)ccc1Cl. The summed E-state index contributed by atoms with van der Waals surface area (Å²) in [7, 11) is -0.750. The van der Waals surface area contributed by atoms with Gasteiger partial charge in [0.2, 0.25) is 15.9 Å². The molecule has 11 heteroatoms. The van der Waals surface area contributed by atoms with Crippen molar-refractivity contribution in [3.8, 4) is 0 Å². The Bertz CT molecular complexity index is 896. The lowest BCUT2D eigenvalue weighted by Gasteiger charge is -2.14. The summed E-state index contributed by atoms with van der Waals surface area (Å²) in [4.78, 5) is 12.3. The van der Waals surface area contributed by atoms with Crippen LogP contribution in [-0.2, 0) is 14.8 Å². The molecule has 0 bridgehead atoms. The quantitative estimate of drug-likeness (QED) is 0.695. The van der Waals surface area contributed by atoms with Crippen LogP contribution in [0.3, 0.4) is 0 Å². The van der Waals surface area contributed by atoms with Gasteiger partial charge in [0, 0.05) is 20.1 Å². The van der Waals surface area contributed by atoms with E-state index in [1.165, 1.54) is 44.1 Å². The zero-order valence-corrected chi connectivity index (χ0v) is 17.2. The molecular formula is C15H20ClN5O3S2. The van der Waals surface area contributed by atoms with Crippen molar-refractivity contribution < 1.29 is 13.2 Å². The minimum absolute atomic E-state index is 0.0504. The molecular weight excluding hydrogens is 398 g/mol. The summed E-state index contributed by atoms with van der Waals surface area (Å²) < 4.78 is 27.4. The smallest absolute Gasteiger partial charge is 0.242 e. The largest absolute Gasteiger partial charge is 0.324 e. The minimum atomic E-state index is -3.62. The lowest BCUT2D eigenvalue weighted by atomic mass is 10.3. The Labute approximate surface area is 162 Å². The molecule has 0 unspecified atom stereocenters. The van der Waals surface area contributed by atoms with Gasteiger partial charge in [0.15, 0.2) is 5.16 Å². The van der Waals surface area contributed by atoms with Crippen LogP contribution in [-0.4, -0.2) is 53.2 Å². The molecule has 1 amide bonds. The van der Waals surface area contributed by atoms with E-state index in [2.05, 4.69) is 15.5 Å². The van der Waals surface area contributed by atoms with Crippen LogP contribution in [0.5, 0.6) is 0 Å². The summed E-state index contributed by atoms with van der Waals surface area (Å²) in [6, 6.07) is 4.36. The first-order valence-electron chi connectivity index (χ1n) is 7.67. The normalized spacial score (nSPS) is 12.0. The third-order valence-corrected chi connectivity index (χ3v) is 6.52. The summed E-state index contributed by atoms with van der Waals surface area (Å²) >= 11 is 7.32. The van der Waals surface area contributed by atoms with E-state index < -0.39 is 10.0 Å². The van der Waals surface area contributed by atoms with E-state index in [1.54, 1.807) is 6.33 Å². The van der Waals surface area contributed by atoms with Gasteiger partial charge in [0.05, 0.1) is 21.4 Å². The van der Waals surface area contributed by atoms with Crippen molar-refractivity contribution in [1.82, 2.24) is 19.1 Å². The molecule has 2 aromatic rings. The number of hydrogen-bond donors (Lipinski definition) is 1. The Kier molecular flexibility index (Phi) is 6.67. The summed E-state index contributed by atoms with van der Waals surface area (Å²) in [6.07, 6.45) is 1.61.